The highest BCUT2D eigenvalue weighted by Crippen LogP contribution is 2.30. The molecule has 4 nitrogen and oxygen atoms in total. The summed E-state index contributed by atoms with van der Waals surface area (Å²) in [5.41, 5.74) is 1.60. The second kappa shape index (κ2) is 10.1. The Kier molecular flexibility index (Phi) is 8.41. The normalized spacial score (nSPS) is 15.4. The first kappa shape index (κ1) is 18.3. The molecule has 1 aromatic heterocycles. The van der Waals surface area contributed by atoms with E-state index >= 15 is 0 Å². The molecule has 4 heteroatoms. The van der Waals surface area contributed by atoms with Crippen LogP contribution in [0.3, 0.4) is 0 Å². The minimum atomic E-state index is 0.0206. The summed E-state index contributed by atoms with van der Waals surface area (Å²) in [6.45, 7) is 10.3. The van der Waals surface area contributed by atoms with E-state index in [1.165, 1.54) is 23.9 Å². The Labute approximate surface area is 134 Å². The lowest BCUT2D eigenvalue weighted by molar-refractivity contribution is 0.436. The summed E-state index contributed by atoms with van der Waals surface area (Å²) in [6, 6.07) is 1.88. The maximum Gasteiger partial charge on any atom is 0.270 e. The summed E-state index contributed by atoms with van der Waals surface area (Å²) in [6.07, 6.45) is 10.4. The van der Waals surface area contributed by atoms with Gasteiger partial charge in [-0.2, -0.15) is 5.10 Å². The maximum atomic E-state index is 12.5. The van der Waals surface area contributed by atoms with E-state index in [9.17, 15) is 4.79 Å². The fraction of sp³-hybridized carbons (Fsp3) is 0.611. The van der Waals surface area contributed by atoms with Gasteiger partial charge in [0.05, 0.1) is 12.2 Å². The summed E-state index contributed by atoms with van der Waals surface area (Å²) in [7, 11) is 0. The summed E-state index contributed by atoms with van der Waals surface area (Å²) in [4.78, 5) is 16.7. The second-order valence-corrected chi connectivity index (χ2v) is 5.37. The van der Waals surface area contributed by atoms with Gasteiger partial charge in [0.25, 0.3) is 5.56 Å². The Hall–Kier alpha value is -1.71. The fourth-order valence-corrected chi connectivity index (χ4v) is 2.74. The molecule has 0 amide bonds. The summed E-state index contributed by atoms with van der Waals surface area (Å²) in [5.74, 6) is 0.401. The van der Waals surface area contributed by atoms with E-state index in [0.29, 0.717) is 18.2 Å². The van der Waals surface area contributed by atoms with Gasteiger partial charge in [-0.25, -0.2) is 4.68 Å². The summed E-state index contributed by atoms with van der Waals surface area (Å²) < 4.78 is 1.49. The lowest BCUT2D eigenvalue weighted by Gasteiger charge is -2.21. The highest BCUT2D eigenvalue weighted by atomic mass is 16.1. The van der Waals surface area contributed by atoms with Crippen LogP contribution in [0.5, 0.6) is 0 Å². The zero-order valence-corrected chi connectivity index (χ0v) is 14.2. The Morgan fingerprint density at radius 3 is 2.73 bits per heavy atom. The van der Waals surface area contributed by atoms with Crippen molar-refractivity contribution in [3.05, 3.63) is 40.5 Å². The predicted octanol–water partition coefficient (Wildman–Crippen LogP) is 4.31. The van der Waals surface area contributed by atoms with Crippen molar-refractivity contribution in [1.29, 1.82) is 0 Å². The van der Waals surface area contributed by atoms with E-state index in [1.54, 1.807) is 12.4 Å². The molecule has 1 aromatic rings. The Morgan fingerprint density at radius 2 is 2.09 bits per heavy atom. The lowest BCUT2D eigenvalue weighted by Crippen LogP contribution is -2.28. The van der Waals surface area contributed by atoms with Crippen LogP contribution < -0.4 is 5.56 Å². The van der Waals surface area contributed by atoms with Crippen LogP contribution in [0, 0.1) is 0 Å². The zero-order valence-electron chi connectivity index (χ0n) is 14.2. The molecule has 0 unspecified atom stereocenters. The van der Waals surface area contributed by atoms with E-state index in [-0.39, 0.29) is 5.56 Å². The van der Waals surface area contributed by atoms with Crippen LogP contribution in [0.1, 0.15) is 70.8 Å². The summed E-state index contributed by atoms with van der Waals surface area (Å²) in [5, 5.41) is 4.15. The van der Waals surface area contributed by atoms with Crippen LogP contribution in [0.15, 0.2) is 34.3 Å². The monoisotopic (exact) mass is 303 g/mol. The molecule has 0 bridgehead atoms. The van der Waals surface area contributed by atoms with Crippen LogP contribution in [-0.4, -0.2) is 16.0 Å². The molecule has 22 heavy (non-hydrogen) atoms. The average Bonchev–Trinajstić information content (AvgIpc) is 2.57. The van der Waals surface area contributed by atoms with Gasteiger partial charge >= 0.3 is 0 Å². The minimum absolute atomic E-state index is 0.0206. The lowest BCUT2D eigenvalue weighted by atomic mass is 9.85. The van der Waals surface area contributed by atoms with Crippen molar-refractivity contribution < 1.29 is 0 Å². The average molecular weight is 303 g/mol. The van der Waals surface area contributed by atoms with Crippen molar-refractivity contribution in [2.45, 2.75) is 71.8 Å². The first-order chi connectivity index (χ1) is 10.7. The molecule has 1 aliphatic rings. The quantitative estimate of drug-likeness (QED) is 0.761. The van der Waals surface area contributed by atoms with Gasteiger partial charge in [0.2, 0.25) is 0 Å². The third-order valence-corrected chi connectivity index (χ3v) is 3.78. The number of allylic oxidation sites excluding steroid dienone is 1. The Morgan fingerprint density at radius 1 is 1.41 bits per heavy atom. The molecule has 122 valence electrons. The van der Waals surface area contributed by atoms with Gasteiger partial charge in [-0.1, -0.05) is 46.6 Å². The SMILES string of the molecule is C=C(Cn1nccc(C2CCCCC2)c1=O)N=CCC.CC. The van der Waals surface area contributed by atoms with E-state index in [0.717, 1.165) is 24.8 Å². The van der Waals surface area contributed by atoms with Crippen LogP contribution in [0.4, 0.5) is 0 Å². The Bertz CT molecular complexity index is 540. The molecule has 2 rings (SSSR count). The molecular formula is C18H29N3O. The highest BCUT2D eigenvalue weighted by molar-refractivity contribution is 5.58. The number of rotatable bonds is 5. The van der Waals surface area contributed by atoms with E-state index in [4.69, 9.17) is 0 Å². The first-order valence-electron chi connectivity index (χ1n) is 8.48. The van der Waals surface area contributed by atoms with Gasteiger partial charge in [0.15, 0.2) is 0 Å². The number of aromatic nitrogens is 2. The molecule has 0 atom stereocenters. The van der Waals surface area contributed by atoms with Crippen LogP contribution in [0.2, 0.25) is 0 Å². The predicted molar refractivity (Wildman–Crippen MR) is 93.6 cm³/mol. The van der Waals surface area contributed by atoms with Crippen LogP contribution in [-0.2, 0) is 6.54 Å². The molecule has 0 saturated heterocycles. The van der Waals surface area contributed by atoms with Crippen molar-refractivity contribution in [2.24, 2.45) is 4.99 Å². The van der Waals surface area contributed by atoms with Crippen molar-refractivity contribution in [3.8, 4) is 0 Å². The molecule has 1 fully saturated rings. The smallest absolute Gasteiger partial charge is 0.267 e. The fourth-order valence-electron chi connectivity index (χ4n) is 2.74. The Balaban J connectivity index is 0.00000116. The topological polar surface area (TPSA) is 47.2 Å². The van der Waals surface area contributed by atoms with Crippen molar-refractivity contribution in [1.82, 2.24) is 9.78 Å². The molecule has 0 aromatic carbocycles. The molecule has 0 aliphatic heterocycles. The van der Waals surface area contributed by atoms with Crippen molar-refractivity contribution in [2.75, 3.05) is 0 Å². The van der Waals surface area contributed by atoms with Crippen molar-refractivity contribution >= 4 is 6.21 Å². The molecule has 1 heterocycles. The maximum absolute atomic E-state index is 12.5. The molecular weight excluding hydrogens is 274 g/mol. The molecule has 0 N–H and O–H groups in total. The van der Waals surface area contributed by atoms with Gasteiger partial charge < -0.3 is 0 Å². The van der Waals surface area contributed by atoms with Gasteiger partial charge in [0, 0.05) is 18.0 Å². The molecule has 0 spiro atoms. The molecule has 1 saturated carbocycles. The van der Waals surface area contributed by atoms with E-state index < -0.39 is 0 Å². The highest BCUT2D eigenvalue weighted by Gasteiger charge is 2.19. The largest absolute Gasteiger partial charge is 0.270 e. The summed E-state index contributed by atoms with van der Waals surface area (Å²) >= 11 is 0. The van der Waals surface area contributed by atoms with Gasteiger partial charge in [0.1, 0.15) is 0 Å². The number of nitrogens with zero attached hydrogens (tertiary/aromatic N) is 3. The molecule has 0 radical (unpaired) electrons. The third kappa shape index (κ3) is 5.24. The van der Waals surface area contributed by atoms with Gasteiger partial charge in [-0.15, -0.1) is 0 Å². The van der Waals surface area contributed by atoms with E-state index in [1.807, 2.05) is 26.8 Å². The first-order valence-corrected chi connectivity index (χ1v) is 8.48. The number of aliphatic imine (C=N–C) groups is 1. The third-order valence-electron chi connectivity index (χ3n) is 3.78. The zero-order chi connectivity index (χ0) is 16.4. The number of hydrogen-bond donors (Lipinski definition) is 0. The van der Waals surface area contributed by atoms with Crippen molar-refractivity contribution in [3.63, 3.8) is 0 Å². The van der Waals surface area contributed by atoms with E-state index in [2.05, 4.69) is 16.7 Å². The van der Waals surface area contributed by atoms with Crippen LogP contribution in [0.25, 0.3) is 0 Å². The van der Waals surface area contributed by atoms with Crippen LogP contribution >= 0.6 is 0 Å². The molecule has 1 aliphatic carbocycles. The van der Waals surface area contributed by atoms with Gasteiger partial charge in [-0.3, -0.25) is 9.79 Å². The standard InChI is InChI=1S/C16H23N3O.C2H6/c1-3-10-17-13(2)12-19-16(20)15(9-11-18-19)14-7-5-4-6-8-14;1-2/h9-11,14H,2-8,12H2,1H3;1-2H3. The minimum Gasteiger partial charge on any atom is -0.267 e. The number of hydrogen-bond acceptors (Lipinski definition) is 3. The van der Waals surface area contributed by atoms with Gasteiger partial charge in [-0.05, 0) is 31.2 Å². The second-order valence-electron chi connectivity index (χ2n) is 5.37.